The molecule has 3 N–H and O–H groups in total. The molecular weight excluding hydrogens is 348 g/mol. The van der Waals surface area contributed by atoms with Gasteiger partial charge in [0.25, 0.3) is 5.91 Å². The molecule has 3 aromatic rings. The van der Waals surface area contributed by atoms with Gasteiger partial charge in [0.15, 0.2) is 5.82 Å². The number of anilines is 1. The summed E-state index contributed by atoms with van der Waals surface area (Å²) in [5, 5.41) is 13.7. The molecule has 0 spiro atoms. The number of fused-ring (bicyclic) bond motifs is 2. The lowest BCUT2D eigenvalue weighted by atomic mass is 9.90. The van der Waals surface area contributed by atoms with Gasteiger partial charge in [0.05, 0.1) is 5.02 Å². The van der Waals surface area contributed by atoms with E-state index in [4.69, 9.17) is 11.6 Å². The Hall–Kier alpha value is -2.38. The Kier molecular flexibility index (Phi) is 3.54. The van der Waals surface area contributed by atoms with Crippen molar-refractivity contribution in [1.29, 1.82) is 0 Å². The fourth-order valence-corrected chi connectivity index (χ4v) is 4.71. The lowest BCUT2D eigenvalue weighted by Gasteiger charge is -2.22. The number of rotatable bonds is 2. The zero-order chi connectivity index (χ0) is 16.8. The van der Waals surface area contributed by atoms with Gasteiger partial charge in [-0.2, -0.15) is 5.10 Å². The second-order valence-electron chi connectivity index (χ2n) is 5.52. The molecule has 0 aliphatic carbocycles. The van der Waals surface area contributed by atoms with Crippen LogP contribution in [0.1, 0.15) is 33.3 Å². The predicted molar refractivity (Wildman–Crippen MR) is 93.9 cm³/mol. The molecule has 1 aliphatic heterocycles. The number of carbonyl (C=O) groups excluding carboxylic acids is 2. The Morgan fingerprint density at radius 2 is 2.21 bits per heavy atom. The number of hydrogen-bond acceptors (Lipinski definition) is 4. The minimum absolute atomic E-state index is 0.143. The Bertz CT molecular complexity index is 978. The highest BCUT2D eigenvalue weighted by molar-refractivity contribution is 7.20. The monoisotopic (exact) mass is 360 g/mol. The summed E-state index contributed by atoms with van der Waals surface area (Å²) >= 11 is 8.13. The van der Waals surface area contributed by atoms with Crippen molar-refractivity contribution in [3.8, 4) is 0 Å². The molecule has 0 fully saturated rings. The van der Waals surface area contributed by atoms with E-state index in [1.807, 2.05) is 24.3 Å². The topological polar surface area (TPSA) is 86.9 Å². The lowest BCUT2D eigenvalue weighted by Crippen LogP contribution is -2.26. The number of nitrogens with zero attached hydrogens (tertiary/aromatic N) is 1. The van der Waals surface area contributed by atoms with Crippen LogP contribution in [0, 0.1) is 0 Å². The molecule has 0 radical (unpaired) electrons. The van der Waals surface area contributed by atoms with E-state index in [0.717, 1.165) is 15.0 Å². The number of aromatic amines is 1. The van der Waals surface area contributed by atoms with Crippen LogP contribution in [0.5, 0.6) is 0 Å². The fourth-order valence-electron chi connectivity index (χ4n) is 3.03. The lowest BCUT2D eigenvalue weighted by molar-refractivity contribution is -0.116. The standard InChI is InChI=1S/C16H13ClN4O2S/c1-18-16(23)13-11-8(6-10(22)19-15(11)21-20-13)14-12(17)7-4-2-3-5-9(7)24-14/h2-5,8H,6H2,1H3,(H,18,23)(H2,19,20,21,22). The van der Waals surface area contributed by atoms with Crippen LogP contribution in [-0.2, 0) is 4.79 Å². The Balaban J connectivity index is 1.92. The highest BCUT2D eigenvalue weighted by atomic mass is 35.5. The Morgan fingerprint density at radius 3 is 2.96 bits per heavy atom. The van der Waals surface area contributed by atoms with Gasteiger partial charge in [-0.15, -0.1) is 11.3 Å². The van der Waals surface area contributed by atoms with Crippen molar-refractivity contribution in [3.05, 3.63) is 45.4 Å². The molecule has 2 amide bonds. The number of aromatic nitrogens is 2. The van der Waals surface area contributed by atoms with Crippen molar-refractivity contribution in [1.82, 2.24) is 15.5 Å². The quantitative estimate of drug-likeness (QED) is 0.656. The summed E-state index contributed by atoms with van der Waals surface area (Å²) in [6, 6.07) is 7.83. The average molecular weight is 361 g/mol. The third kappa shape index (κ3) is 2.20. The molecule has 0 saturated heterocycles. The van der Waals surface area contributed by atoms with Crippen LogP contribution in [0.3, 0.4) is 0 Å². The maximum atomic E-state index is 12.1. The van der Waals surface area contributed by atoms with Crippen molar-refractivity contribution in [2.24, 2.45) is 0 Å². The van der Waals surface area contributed by atoms with E-state index in [1.54, 1.807) is 18.4 Å². The summed E-state index contributed by atoms with van der Waals surface area (Å²) in [4.78, 5) is 25.1. The third-order valence-corrected chi connectivity index (χ3v) is 5.93. The highest BCUT2D eigenvalue weighted by Gasteiger charge is 2.35. The van der Waals surface area contributed by atoms with Crippen LogP contribution >= 0.6 is 22.9 Å². The second-order valence-corrected chi connectivity index (χ2v) is 6.98. The summed E-state index contributed by atoms with van der Waals surface area (Å²) in [5.41, 5.74) is 1.04. The van der Waals surface area contributed by atoms with Crippen molar-refractivity contribution in [2.75, 3.05) is 12.4 Å². The van der Waals surface area contributed by atoms with Gasteiger partial charge in [-0.1, -0.05) is 29.8 Å². The molecular formula is C16H13ClN4O2S. The Labute approximate surface area is 146 Å². The number of halogens is 1. The molecule has 0 saturated carbocycles. The predicted octanol–water partition coefficient (Wildman–Crippen LogP) is 3.11. The number of thiophene rings is 1. The molecule has 1 atom stereocenters. The number of benzene rings is 1. The normalized spacial score (nSPS) is 16.8. The molecule has 122 valence electrons. The van der Waals surface area contributed by atoms with Crippen LogP contribution < -0.4 is 10.6 Å². The van der Waals surface area contributed by atoms with Crippen LogP contribution in [0.25, 0.3) is 10.1 Å². The minimum Gasteiger partial charge on any atom is -0.354 e. The first-order valence-electron chi connectivity index (χ1n) is 7.37. The van der Waals surface area contributed by atoms with E-state index in [2.05, 4.69) is 20.8 Å². The van der Waals surface area contributed by atoms with E-state index >= 15 is 0 Å². The zero-order valence-electron chi connectivity index (χ0n) is 12.6. The van der Waals surface area contributed by atoms with E-state index in [-0.39, 0.29) is 24.2 Å². The molecule has 1 unspecified atom stereocenters. The SMILES string of the molecule is CNC(=O)c1[nH]nc2c1C(c1sc3ccccc3c1Cl)CC(=O)N2. The summed E-state index contributed by atoms with van der Waals surface area (Å²) in [7, 11) is 1.55. The first-order chi connectivity index (χ1) is 11.6. The number of nitrogens with one attached hydrogen (secondary N) is 3. The number of carbonyl (C=O) groups is 2. The van der Waals surface area contributed by atoms with Crippen molar-refractivity contribution in [3.63, 3.8) is 0 Å². The van der Waals surface area contributed by atoms with Crippen LogP contribution in [0.2, 0.25) is 5.02 Å². The van der Waals surface area contributed by atoms with E-state index in [9.17, 15) is 9.59 Å². The second kappa shape index (κ2) is 5.61. The number of hydrogen-bond donors (Lipinski definition) is 3. The van der Waals surface area contributed by atoms with Crippen molar-refractivity contribution in [2.45, 2.75) is 12.3 Å². The summed E-state index contributed by atoms with van der Waals surface area (Å²) in [6.07, 6.45) is 0.225. The molecule has 8 heteroatoms. The molecule has 4 rings (SSSR count). The fraction of sp³-hybridized carbons (Fsp3) is 0.188. The van der Waals surface area contributed by atoms with Crippen molar-refractivity contribution < 1.29 is 9.59 Å². The molecule has 6 nitrogen and oxygen atoms in total. The van der Waals surface area contributed by atoms with Gasteiger partial charge in [-0.25, -0.2) is 0 Å². The van der Waals surface area contributed by atoms with E-state index < -0.39 is 0 Å². The molecule has 3 heterocycles. The number of H-pyrrole nitrogens is 1. The van der Waals surface area contributed by atoms with Gasteiger partial charge in [0.1, 0.15) is 5.69 Å². The molecule has 0 bridgehead atoms. The third-order valence-electron chi connectivity index (χ3n) is 4.13. The first kappa shape index (κ1) is 15.2. The number of amides is 2. The summed E-state index contributed by atoms with van der Waals surface area (Å²) in [6.45, 7) is 0. The highest BCUT2D eigenvalue weighted by Crippen LogP contribution is 2.46. The molecule has 2 aromatic heterocycles. The summed E-state index contributed by atoms with van der Waals surface area (Å²) in [5.74, 6) is -0.328. The first-order valence-corrected chi connectivity index (χ1v) is 8.56. The van der Waals surface area contributed by atoms with Gasteiger partial charge >= 0.3 is 0 Å². The average Bonchev–Trinajstić information content (AvgIpc) is 3.15. The van der Waals surface area contributed by atoms with Crippen LogP contribution in [0.15, 0.2) is 24.3 Å². The van der Waals surface area contributed by atoms with Gasteiger partial charge in [-0.05, 0) is 6.07 Å². The molecule has 24 heavy (non-hydrogen) atoms. The maximum absolute atomic E-state index is 12.1. The van der Waals surface area contributed by atoms with Crippen LogP contribution in [0.4, 0.5) is 5.82 Å². The van der Waals surface area contributed by atoms with E-state index in [1.165, 1.54) is 0 Å². The largest absolute Gasteiger partial charge is 0.354 e. The zero-order valence-corrected chi connectivity index (χ0v) is 14.2. The van der Waals surface area contributed by atoms with Crippen molar-refractivity contribution >= 4 is 50.7 Å². The van der Waals surface area contributed by atoms with Gasteiger partial charge in [0, 0.05) is 39.9 Å². The molecule has 1 aromatic carbocycles. The minimum atomic E-state index is -0.301. The molecule has 1 aliphatic rings. The maximum Gasteiger partial charge on any atom is 0.269 e. The van der Waals surface area contributed by atoms with Gasteiger partial charge in [0.2, 0.25) is 5.91 Å². The van der Waals surface area contributed by atoms with Gasteiger partial charge in [-0.3, -0.25) is 14.7 Å². The van der Waals surface area contributed by atoms with Gasteiger partial charge < -0.3 is 10.6 Å². The summed E-state index contributed by atoms with van der Waals surface area (Å²) < 4.78 is 1.05. The van der Waals surface area contributed by atoms with E-state index in [0.29, 0.717) is 22.1 Å². The smallest absolute Gasteiger partial charge is 0.269 e. The van der Waals surface area contributed by atoms with Crippen LogP contribution in [-0.4, -0.2) is 29.1 Å². The Morgan fingerprint density at radius 1 is 1.42 bits per heavy atom.